The molecule has 0 fully saturated rings. The number of hydrogen-bond donors (Lipinski definition) is 3. The van der Waals surface area contributed by atoms with Crippen molar-refractivity contribution >= 4 is 39.5 Å². The summed E-state index contributed by atoms with van der Waals surface area (Å²) in [7, 11) is -9.95. The molecule has 0 saturated carbocycles. The number of rotatable bonds is 75. The van der Waals surface area contributed by atoms with Crippen LogP contribution >= 0.6 is 15.6 Å². The maximum absolute atomic E-state index is 13.1. The minimum absolute atomic E-state index is 0.0763. The second kappa shape index (κ2) is 73.5. The summed E-state index contributed by atoms with van der Waals surface area (Å²) in [6.07, 6.45) is 75.6. The number of aliphatic hydroxyl groups is 1. The molecule has 0 aliphatic rings. The Balaban J connectivity index is 5.32. The quantitative estimate of drug-likeness (QED) is 0.0169. The van der Waals surface area contributed by atoms with Crippen molar-refractivity contribution in [3.05, 3.63) is 85.1 Å². The normalized spacial score (nSPS) is 14.3. The zero-order chi connectivity index (χ0) is 73.2. The molecule has 17 nitrogen and oxygen atoms in total. The van der Waals surface area contributed by atoms with Crippen LogP contribution in [0.3, 0.4) is 0 Å². The van der Waals surface area contributed by atoms with E-state index in [1.165, 1.54) is 89.9 Å². The van der Waals surface area contributed by atoms with Crippen molar-refractivity contribution in [2.24, 2.45) is 0 Å². The lowest BCUT2D eigenvalue weighted by Crippen LogP contribution is -2.30. The number of carbonyl (C=O) groups excluding carboxylic acids is 4. The molecule has 19 heteroatoms. The zero-order valence-electron chi connectivity index (χ0n) is 63.4. The Bertz CT molecular complexity index is 2230. The molecule has 0 heterocycles. The van der Waals surface area contributed by atoms with Gasteiger partial charge in [-0.3, -0.25) is 37.3 Å². The van der Waals surface area contributed by atoms with Crippen LogP contribution in [0.15, 0.2) is 85.1 Å². The number of carbonyl (C=O) groups is 4. The highest BCUT2D eigenvalue weighted by Crippen LogP contribution is 2.45. The van der Waals surface area contributed by atoms with E-state index in [0.29, 0.717) is 25.7 Å². The van der Waals surface area contributed by atoms with Crippen LogP contribution in [0.1, 0.15) is 349 Å². The van der Waals surface area contributed by atoms with E-state index in [0.717, 1.165) is 180 Å². The molecular weight excluding hydrogens is 1310 g/mol. The van der Waals surface area contributed by atoms with E-state index in [-0.39, 0.29) is 25.7 Å². The lowest BCUT2D eigenvalue weighted by molar-refractivity contribution is -0.161. The third-order valence-corrected chi connectivity index (χ3v) is 18.7. The number of allylic oxidation sites excluding steroid dienone is 14. The molecule has 0 aliphatic heterocycles. The fourth-order valence-corrected chi connectivity index (χ4v) is 12.4. The van der Waals surface area contributed by atoms with Crippen molar-refractivity contribution in [3.63, 3.8) is 0 Å². The average molecular weight is 1450 g/mol. The van der Waals surface area contributed by atoms with Crippen LogP contribution in [0.4, 0.5) is 0 Å². The van der Waals surface area contributed by atoms with Crippen LogP contribution < -0.4 is 0 Å². The predicted molar refractivity (Wildman–Crippen MR) is 409 cm³/mol. The molecule has 0 aromatic carbocycles. The maximum Gasteiger partial charge on any atom is 0.472 e. The van der Waals surface area contributed by atoms with E-state index in [2.05, 4.69) is 113 Å². The monoisotopic (exact) mass is 1450 g/mol. The zero-order valence-corrected chi connectivity index (χ0v) is 65.2. The number of esters is 4. The minimum atomic E-state index is -4.98. The van der Waals surface area contributed by atoms with Crippen LogP contribution in [-0.2, 0) is 65.4 Å². The summed E-state index contributed by atoms with van der Waals surface area (Å²) < 4.78 is 68.6. The molecule has 0 saturated heterocycles. The van der Waals surface area contributed by atoms with E-state index >= 15 is 0 Å². The van der Waals surface area contributed by atoms with Gasteiger partial charge in [0.1, 0.15) is 19.3 Å². The third kappa shape index (κ3) is 72.6. The highest BCUT2D eigenvalue weighted by molar-refractivity contribution is 7.47. The fourth-order valence-electron chi connectivity index (χ4n) is 10.8. The first-order chi connectivity index (χ1) is 48.7. The number of hydrogen-bond acceptors (Lipinski definition) is 15. The summed E-state index contributed by atoms with van der Waals surface area (Å²) >= 11 is 0. The van der Waals surface area contributed by atoms with Gasteiger partial charge >= 0.3 is 39.5 Å². The largest absolute Gasteiger partial charge is 0.472 e. The summed E-state index contributed by atoms with van der Waals surface area (Å²) in [6, 6.07) is 0. The van der Waals surface area contributed by atoms with E-state index in [1.54, 1.807) is 0 Å². The van der Waals surface area contributed by atoms with Crippen LogP contribution in [-0.4, -0.2) is 96.7 Å². The van der Waals surface area contributed by atoms with Gasteiger partial charge in [0.25, 0.3) is 0 Å². The number of unbranched alkanes of at least 4 members (excludes halogenated alkanes) is 35. The SMILES string of the molecule is CC/C=C\C/C=C\C/C=C\C/C=C\CCCCCCCCC(=O)OCC(COP(=O)(O)OCC(O)COP(=O)(O)OCC(COC(=O)CCCCCCC/C=C\CCCCCCCC)OC(=O)CCCCCCCCCCCCCCC)OC(=O)CCCCCCC/C=C\C/C=C\CCC. The van der Waals surface area contributed by atoms with E-state index in [9.17, 15) is 43.2 Å². The van der Waals surface area contributed by atoms with Gasteiger partial charge < -0.3 is 33.8 Å². The van der Waals surface area contributed by atoms with Gasteiger partial charge in [-0.15, -0.1) is 0 Å². The molecule has 0 aromatic rings. The molecule has 0 rings (SSSR count). The highest BCUT2D eigenvalue weighted by atomic mass is 31.2. The van der Waals surface area contributed by atoms with Gasteiger partial charge in [-0.2, -0.15) is 0 Å². The standard InChI is InChI=1S/C81H144O17P2/c1-5-9-13-17-21-25-29-33-35-36-37-38-40-44-46-50-54-58-62-66-79(84)92-72-77(98-81(86)68-64-60-56-52-48-42-32-28-24-20-16-12-8-4)74-96-100(89,90)94-70-75(82)69-93-99(87,88)95-73-76(97-80(85)67-63-59-55-51-47-41-31-27-23-19-15-11-7-3)71-91-78(83)65-61-57-53-49-45-43-39-34-30-26-22-18-14-10-6-2/h9,13,16,20-21,25,28,32-35,37-39,75-77,82H,5-8,10-12,14-15,17-19,22-24,26-27,29-31,36,40-74H2,1-4H3,(H,87,88)(H,89,90)/b13-9-,20-16-,25-21-,32-28-,35-33-,38-37-,39-34-. The Morgan fingerprint density at radius 2 is 0.540 bits per heavy atom. The van der Waals surface area contributed by atoms with Gasteiger partial charge in [-0.25, -0.2) is 9.13 Å². The molecule has 0 aromatic heterocycles. The van der Waals surface area contributed by atoms with Crippen molar-refractivity contribution in [1.29, 1.82) is 0 Å². The molecule has 3 N–H and O–H groups in total. The first-order valence-corrected chi connectivity index (χ1v) is 42.8. The van der Waals surface area contributed by atoms with Crippen LogP contribution in [0.5, 0.6) is 0 Å². The molecule has 5 atom stereocenters. The van der Waals surface area contributed by atoms with Crippen molar-refractivity contribution < 1.29 is 80.2 Å². The molecule has 580 valence electrons. The van der Waals surface area contributed by atoms with Crippen LogP contribution in [0.2, 0.25) is 0 Å². The molecule has 0 bridgehead atoms. The van der Waals surface area contributed by atoms with Gasteiger partial charge in [0.05, 0.1) is 26.4 Å². The summed E-state index contributed by atoms with van der Waals surface area (Å²) in [6.45, 7) is 4.70. The summed E-state index contributed by atoms with van der Waals surface area (Å²) in [5.41, 5.74) is 0. The minimum Gasteiger partial charge on any atom is -0.462 e. The maximum atomic E-state index is 13.1. The Labute approximate surface area is 608 Å². The summed E-state index contributed by atoms with van der Waals surface area (Å²) in [5.74, 6) is -2.19. The lowest BCUT2D eigenvalue weighted by Gasteiger charge is -2.21. The van der Waals surface area contributed by atoms with E-state index in [1.807, 2.05) is 0 Å². The van der Waals surface area contributed by atoms with Crippen LogP contribution in [0, 0.1) is 0 Å². The first kappa shape index (κ1) is 96.2. The first-order valence-electron chi connectivity index (χ1n) is 39.8. The summed E-state index contributed by atoms with van der Waals surface area (Å²) in [5, 5.41) is 10.6. The van der Waals surface area contributed by atoms with E-state index < -0.39 is 97.5 Å². The number of phosphoric ester groups is 2. The Kier molecular flexibility index (Phi) is 70.8. The molecule has 0 radical (unpaired) electrons. The Hall–Kier alpha value is -3.76. The number of ether oxygens (including phenoxy) is 4. The third-order valence-electron chi connectivity index (χ3n) is 16.8. The molecule has 0 aliphatic carbocycles. The molecule has 0 spiro atoms. The topological polar surface area (TPSA) is 237 Å². The van der Waals surface area contributed by atoms with Crippen LogP contribution in [0.25, 0.3) is 0 Å². The highest BCUT2D eigenvalue weighted by Gasteiger charge is 2.30. The number of aliphatic hydroxyl groups excluding tert-OH is 1. The Morgan fingerprint density at radius 1 is 0.290 bits per heavy atom. The van der Waals surface area contributed by atoms with E-state index in [4.69, 9.17) is 37.0 Å². The fraction of sp³-hybridized carbons (Fsp3) is 0.778. The second-order valence-corrected chi connectivity index (χ2v) is 29.5. The molecule has 0 amide bonds. The van der Waals surface area contributed by atoms with Crippen molar-refractivity contribution in [1.82, 2.24) is 0 Å². The van der Waals surface area contributed by atoms with Gasteiger partial charge in [-0.05, 0) is 116 Å². The van der Waals surface area contributed by atoms with Gasteiger partial charge in [0.2, 0.25) is 0 Å². The van der Waals surface area contributed by atoms with Gasteiger partial charge in [0, 0.05) is 25.7 Å². The molecular formula is C81H144O17P2. The average Bonchev–Trinajstić information content (AvgIpc) is 0.935. The molecule has 100 heavy (non-hydrogen) atoms. The summed E-state index contributed by atoms with van der Waals surface area (Å²) in [4.78, 5) is 72.9. The van der Waals surface area contributed by atoms with Crippen molar-refractivity contribution in [3.8, 4) is 0 Å². The van der Waals surface area contributed by atoms with Crippen molar-refractivity contribution in [2.75, 3.05) is 39.6 Å². The lowest BCUT2D eigenvalue weighted by atomic mass is 10.0. The Morgan fingerprint density at radius 3 is 0.850 bits per heavy atom. The van der Waals surface area contributed by atoms with Gasteiger partial charge in [-0.1, -0.05) is 293 Å². The van der Waals surface area contributed by atoms with Gasteiger partial charge in [0.15, 0.2) is 12.2 Å². The molecule has 5 unspecified atom stereocenters. The smallest absolute Gasteiger partial charge is 0.462 e. The second-order valence-electron chi connectivity index (χ2n) is 26.6. The van der Waals surface area contributed by atoms with Crippen molar-refractivity contribution in [2.45, 2.75) is 367 Å². The predicted octanol–water partition coefficient (Wildman–Crippen LogP) is 23.0. The number of phosphoric acid groups is 2.